The third-order valence-corrected chi connectivity index (χ3v) is 19.7. The van der Waals surface area contributed by atoms with Crippen molar-refractivity contribution >= 4 is 39.5 Å². The number of hydrogen-bond donors (Lipinski definition) is 2. The number of aliphatic hydroxyl groups excluding tert-OH is 1. The first-order valence-electron chi connectivity index (χ1n) is 43.0. The predicted molar refractivity (Wildman–Crippen MR) is 450 cm³/mol. The van der Waals surface area contributed by atoms with Gasteiger partial charge in [0.15, 0.2) is 11.6 Å². The fraction of sp³-hybridized carbons (Fsp3) is 0.729. The molecule has 0 bridgehead atoms. The largest absolute Gasteiger partial charge is 0.420 e. The number of carbonyl (C=O) groups excluding carboxylic acids is 2. The van der Waals surface area contributed by atoms with Crippen LogP contribution in [0.5, 0.6) is 5.75 Å². The number of aliphatic imine (C=N–C) groups is 1. The van der Waals surface area contributed by atoms with Crippen LogP contribution in [0.3, 0.4) is 0 Å². The van der Waals surface area contributed by atoms with Gasteiger partial charge in [-0.3, -0.25) is 9.59 Å². The van der Waals surface area contributed by atoms with Crippen LogP contribution < -0.4 is 10.5 Å². The van der Waals surface area contributed by atoms with Gasteiger partial charge in [-0.05, 0) is 61.8 Å². The average molecular weight is 1820 g/mol. The highest BCUT2D eigenvalue weighted by Gasteiger charge is 2.36. The lowest BCUT2D eigenvalue weighted by molar-refractivity contribution is -0.136. The number of aliphatic hydroxyl groups is 1. The summed E-state index contributed by atoms with van der Waals surface area (Å²) in [4.78, 5) is 34.7. The van der Waals surface area contributed by atoms with Gasteiger partial charge < -0.3 is 139 Å². The van der Waals surface area contributed by atoms with Crippen molar-refractivity contribution in [1.82, 2.24) is 14.1 Å². The number of likely N-dealkylation sites (N-methyl/N-ethyl adjacent to an activating group) is 1. The number of nitrogens with two attached hydrogens (primary N) is 1. The van der Waals surface area contributed by atoms with Crippen molar-refractivity contribution in [3.05, 3.63) is 82.9 Å². The Kier molecular flexibility index (Phi) is 65.2. The molecule has 3 aromatic rings. The molecule has 125 heavy (non-hydrogen) atoms. The summed E-state index contributed by atoms with van der Waals surface area (Å²) >= 11 is 0. The van der Waals surface area contributed by atoms with E-state index in [-0.39, 0.29) is 62.2 Å². The molecule has 0 saturated carbocycles. The molecule has 0 atom stereocenters. The smallest absolute Gasteiger partial charge is 0.313 e. The first kappa shape index (κ1) is 110. The van der Waals surface area contributed by atoms with E-state index in [0.717, 1.165) is 37.1 Å². The maximum Gasteiger partial charge on any atom is 0.313 e. The van der Waals surface area contributed by atoms with Crippen LogP contribution in [0.4, 0.5) is 23.2 Å². The Morgan fingerprint density at radius 1 is 0.432 bits per heavy atom. The van der Waals surface area contributed by atoms with Crippen molar-refractivity contribution in [3.63, 3.8) is 0 Å². The van der Waals surface area contributed by atoms with E-state index in [9.17, 15) is 40.7 Å². The molecular formula is C85H137F4N5O30S. The van der Waals surface area contributed by atoms with Gasteiger partial charge in [0, 0.05) is 68.9 Å². The predicted octanol–water partition coefficient (Wildman–Crippen LogP) is 5.25. The summed E-state index contributed by atoms with van der Waals surface area (Å²) in [5.41, 5.74) is 9.83. The Labute approximate surface area is 733 Å². The summed E-state index contributed by atoms with van der Waals surface area (Å²) in [6.07, 6.45) is 3.26. The minimum atomic E-state index is -3.69. The van der Waals surface area contributed by atoms with Crippen LogP contribution in [-0.4, -0.2) is 415 Å². The maximum absolute atomic E-state index is 14.0. The number of esters is 1. The van der Waals surface area contributed by atoms with Crippen LogP contribution >= 0.6 is 0 Å². The zero-order chi connectivity index (χ0) is 89.4. The number of hydrogen-bond acceptors (Lipinski definition) is 33. The topological polar surface area (TPSA) is 367 Å². The first-order valence-corrected chi connectivity index (χ1v) is 44.4. The number of benzene rings is 3. The molecule has 2 aliphatic heterocycles. The summed E-state index contributed by atoms with van der Waals surface area (Å²) < 4.78 is 219. The summed E-state index contributed by atoms with van der Waals surface area (Å²) in [6, 6.07) is 12.5. The number of amidine groups is 1. The lowest BCUT2D eigenvalue weighted by Crippen LogP contribution is -2.51. The fourth-order valence-electron chi connectivity index (χ4n) is 11.3. The van der Waals surface area contributed by atoms with E-state index < -0.39 is 51.4 Å². The molecule has 0 unspecified atom stereocenters. The Morgan fingerprint density at radius 3 is 1.10 bits per heavy atom. The van der Waals surface area contributed by atoms with Gasteiger partial charge in [0.05, 0.1) is 334 Å². The highest BCUT2D eigenvalue weighted by Crippen LogP contribution is 2.34. The number of rotatable bonds is 87. The number of sulfonamides is 1. The molecular weight excluding hydrogens is 1680 g/mol. The number of fused-ring (bicyclic) bond motifs is 1. The van der Waals surface area contributed by atoms with Gasteiger partial charge in [0.1, 0.15) is 5.84 Å². The molecule has 40 heteroatoms. The molecule has 0 aliphatic carbocycles. The van der Waals surface area contributed by atoms with E-state index in [0.29, 0.717) is 340 Å². The lowest BCUT2D eigenvalue weighted by atomic mass is 10.0. The molecule has 0 aromatic heterocycles. The average Bonchev–Trinajstić information content (AvgIpc) is 1.16. The van der Waals surface area contributed by atoms with E-state index >= 15 is 0 Å². The van der Waals surface area contributed by atoms with Crippen molar-refractivity contribution in [2.24, 2.45) is 16.6 Å². The normalized spacial score (nSPS) is 13.2. The standard InChI is InChI=1S/C85H137F4N5O30S/c1-3-11-93(85(97)75-63-74-9-8-73(65-79(74)91-80(90)66-75)72-6-4-7-76(64-72)125(98,99)94-68-71(69-94)70-95)13-5-12-92(2)14-16-101-18-20-103-22-24-105-26-28-107-30-32-109-34-36-111-38-40-113-42-44-115-46-48-117-50-52-119-54-56-121-58-60-123-62-61-122-59-57-120-55-53-118-51-49-116-47-45-114-43-41-112-39-37-110-35-33-108-31-29-106-27-25-104-23-21-102-19-17-100-15-10-81(96)124-84-82(88)77(86)67-78(87)83(84)89/h4,6-9,63-65,67,71,95H,3,5,10-62,66,68-70H2,1-2H3,(H2,90,91). The van der Waals surface area contributed by atoms with Gasteiger partial charge in [-0.15, -0.1) is 0 Å². The van der Waals surface area contributed by atoms with E-state index in [1.54, 1.807) is 18.2 Å². The fourth-order valence-corrected chi connectivity index (χ4v) is 12.9. The van der Waals surface area contributed by atoms with Crippen LogP contribution in [0, 0.1) is 29.2 Å². The molecule has 3 aromatic carbocycles. The van der Waals surface area contributed by atoms with Crippen LogP contribution in [0.25, 0.3) is 17.2 Å². The first-order chi connectivity index (χ1) is 61.2. The van der Waals surface area contributed by atoms with Crippen molar-refractivity contribution in [3.8, 4) is 16.9 Å². The molecule has 2 aliphatic rings. The minimum absolute atomic E-state index is 0.0152. The Hall–Kier alpha value is -5.60. The third kappa shape index (κ3) is 53.4. The van der Waals surface area contributed by atoms with Crippen molar-refractivity contribution in [1.29, 1.82) is 0 Å². The second kappa shape index (κ2) is 74.1. The summed E-state index contributed by atoms with van der Waals surface area (Å²) in [6.45, 7) is 25.4. The molecule has 1 amide bonds. The maximum atomic E-state index is 14.0. The van der Waals surface area contributed by atoms with Crippen molar-refractivity contribution < 1.29 is 159 Å². The zero-order valence-corrected chi connectivity index (χ0v) is 73.9. The van der Waals surface area contributed by atoms with E-state index in [1.807, 2.05) is 42.3 Å². The lowest BCUT2D eigenvalue weighted by Gasteiger charge is -2.36. The molecule has 0 spiro atoms. The van der Waals surface area contributed by atoms with Crippen LogP contribution in [-0.2, 0) is 133 Å². The van der Waals surface area contributed by atoms with Crippen LogP contribution in [0.1, 0.15) is 38.2 Å². The van der Waals surface area contributed by atoms with Gasteiger partial charge in [-0.1, -0.05) is 31.2 Å². The van der Waals surface area contributed by atoms with Gasteiger partial charge in [0.2, 0.25) is 33.3 Å². The van der Waals surface area contributed by atoms with Crippen LogP contribution in [0.2, 0.25) is 0 Å². The third-order valence-electron chi connectivity index (χ3n) is 17.9. The zero-order valence-electron chi connectivity index (χ0n) is 73.1. The highest BCUT2D eigenvalue weighted by atomic mass is 32.2. The molecule has 2 heterocycles. The highest BCUT2D eigenvalue weighted by molar-refractivity contribution is 7.89. The van der Waals surface area contributed by atoms with Crippen molar-refractivity contribution in [2.75, 3.05) is 370 Å². The van der Waals surface area contributed by atoms with E-state index in [1.165, 1.54) is 4.31 Å². The van der Waals surface area contributed by atoms with Crippen molar-refractivity contribution in [2.45, 2.75) is 37.5 Å². The molecule has 3 N–H and O–H groups in total. The Balaban J connectivity index is 0.630. The minimum Gasteiger partial charge on any atom is -0.420 e. The Morgan fingerprint density at radius 2 is 0.760 bits per heavy atom. The summed E-state index contributed by atoms with van der Waals surface area (Å²) in [7, 11) is -1.65. The molecule has 35 nitrogen and oxygen atoms in total. The number of nitrogens with zero attached hydrogens (tertiary/aromatic N) is 4. The number of ether oxygens (including phenoxy) is 25. The molecule has 716 valence electrons. The number of amides is 1. The summed E-state index contributed by atoms with van der Waals surface area (Å²) in [5.74, 6) is -9.32. The van der Waals surface area contributed by atoms with E-state index in [4.69, 9.17) is 119 Å². The Bertz CT molecular complexity index is 3380. The van der Waals surface area contributed by atoms with Crippen LogP contribution in [0.15, 0.2) is 64.0 Å². The molecule has 0 radical (unpaired) electrons. The summed E-state index contributed by atoms with van der Waals surface area (Å²) in [5, 5.41) is 9.38. The molecule has 1 fully saturated rings. The quantitative estimate of drug-likeness (QED) is 0.0239. The van der Waals surface area contributed by atoms with Gasteiger partial charge in [0.25, 0.3) is 0 Å². The van der Waals surface area contributed by atoms with E-state index in [2.05, 4.69) is 21.6 Å². The molecule has 1 saturated heterocycles. The SMILES string of the molecule is CCCN(CCCN(C)CCOCCOCCOCCOCCOCCOCCOCCOCCOCCOCCOCCOCCOCCOCCOCCOCCOCCOCCOCCOCCOCCOCCOCCOCCC(=O)Oc1c(F)c(F)cc(F)c1F)C(=O)C1=Cc2ccc(-c3cccc(S(=O)(=O)N4CC(CO)C4)c3)cc2N=C(N)C1. The number of halogens is 4. The molecule has 5 rings (SSSR count). The number of carbonyl (C=O) groups is 2. The monoisotopic (exact) mass is 1820 g/mol. The second-order valence-corrected chi connectivity index (χ2v) is 29.7. The van der Waals surface area contributed by atoms with Gasteiger partial charge >= 0.3 is 5.97 Å². The van der Waals surface area contributed by atoms with Gasteiger partial charge in [-0.25, -0.2) is 22.2 Å². The van der Waals surface area contributed by atoms with Gasteiger partial charge in [-0.2, -0.15) is 13.1 Å². The second-order valence-electron chi connectivity index (χ2n) is 27.8.